The fourth-order valence-electron chi connectivity index (χ4n) is 10.9. The van der Waals surface area contributed by atoms with E-state index in [0.29, 0.717) is 82.7 Å². The van der Waals surface area contributed by atoms with E-state index < -0.39 is 0 Å². The third kappa shape index (κ3) is 58.2. The molecule has 0 saturated heterocycles. The van der Waals surface area contributed by atoms with Crippen LogP contribution in [0.2, 0.25) is 0 Å². The summed E-state index contributed by atoms with van der Waals surface area (Å²) in [4.78, 5) is 64.3. The smallest absolute Gasteiger partial charge is 0.220 e. The van der Waals surface area contributed by atoms with Crippen LogP contribution in [0.3, 0.4) is 0 Å². The van der Waals surface area contributed by atoms with E-state index in [1.807, 2.05) is 91.8 Å². The first kappa shape index (κ1) is 124. The van der Waals surface area contributed by atoms with E-state index in [0.717, 1.165) is 155 Å². The van der Waals surface area contributed by atoms with E-state index in [2.05, 4.69) is 82.1 Å². The van der Waals surface area contributed by atoms with Crippen LogP contribution in [0.5, 0.6) is 0 Å². The first-order valence-corrected chi connectivity index (χ1v) is 44.6. The predicted molar refractivity (Wildman–Crippen MR) is 575 cm³/mol. The van der Waals surface area contributed by atoms with Crippen molar-refractivity contribution in [2.24, 2.45) is 190 Å². The summed E-state index contributed by atoms with van der Waals surface area (Å²) in [7, 11) is 16.1. The van der Waals surface area contributed by atoms with Gasteiger partial charge in [-0.3, -0.25) is 56.9 Å². The maximum atomic E-state index is 7.56. The molecule has 144 heavy (non-hydrogen) atoms. The number of rotatable bonds is 27. The number of hydrogen-bond acceptors (Lipinski definition) is 19. The highest BCUT2D eigenvalue weighted by atomic mass is 16.5. The Morgan fingerprint density at radius 2 is 0.618 bits per heavy atom. The van der Waals surface area contributed by atoms with Crippen molar-refractivity contribution in [1.82, 2.24) is 34.7 Å². The van der Waals surface area contributed by atoms with E-state index in [1.54, 1.807) is 162 Å². The Morgan fingerprint density at radius 1 is 0.333 bits per heavy atom. The SMILES string of the molecule is CC1COC=C1CCN=C(N)NC(=N)N.Cc1cc(CCN(C)C(=N)N=C(N)N)co1.Cc1cc(CCN=C(N)N=C(N)N(C)C)co1.Cc1cc(CCN=C(N)N=C(N)N)co1.Cc1cocc1CCN(C)C(=N)N=C(N)N.Cc1cocc1CCN=C(N)N=C(N)N(C)C.Cc1occc1CCN(C)C(=N)N=C(N)N.Cc1occc1CCN=C(N)N=C(N)N.Cc1occc1CCN=C(N)N=C(N)N(C)C. The summed E-state index contributed by atoms with van der Waals surface area (Å²) in [5.41, 5.74) is 119. The molecule has 0 amide bonds. The van der Waals surface area contributed by atoms with Gasteiger partial charge in [-0.05, 0) is 211 Å². The van der Waals surface area contributed by atoms with Gasteiger partial charge in [0.15, 0.2) is 59.6 Å². The molecule has 0 radical (unpaired) electrons. The zero-order chi connectivity index (χ0) is 109. The molecular weight excluding hydrogens is 1860 g/mol. The summed E-state index contributed by atoms with van der Waals surface area (Å²) in [6.45, 7) is 23.6. The second-order valence-corrected chi connectivity index (χ2v) is 32.1. The third-order valence-electron chi connectivity index (χ3n) is 19.2. The number of nitrogens with two attached hydrogens (primary N) is 20. The summed E-state index contributed by atoms with van der Waals surface area (Å²) >= 11 is 0. The van der Waals surface area contributed by atoms with Crippen molar-refractivity contribution in [3.63, 3.8) is 0 Å². The second kappa shape index (κ2) is 68.5. The number of hydrogen-bond donors (Lipinski definition) is 25. The highest BCUT2D eigenvalue weighted by molar-refractivity contribution is 5.97. The Balaban J connectivity index is 0.000000810. The van der Waals surface area contributed by atoms with Crippen LogP contribution < -0.4 is 120 Å². The molecule has 45 N–H and O–H groups in total. The van der Waals surface area contributed by atoms with Crippen molar-refractivity contribution in [3.8, 4) is 0 Å². The van der Waals surface area contributed by atoms with Crippen molar-refractivity contribution >= 4 is 107 Å². The number of nitrogens with zero attached hydrogens (tertiary/aromatic N) is 20. The number of furan rings is 8. The van der Waals surface area contributed by atoms with Crippen molar-refractivity contribution in [1.29, 1.82) is 21.6 Å². The molecule has 0 aliphatic carbocycles. The fraction of sp³-hybridized carbons (Fsp3) is 0.422. The van der Waals surface area contributed by atoms with Gasteiger partial charge in [-0.25, -0.2) is 0 Å². The Labute approximate surface area is 840 Å². The Morgan fingerprint density at radius 3 is 0.889 bits per heavy atom. The first-order valence-electron chi connectivity index (χ1n) is 44.6. The Hall–Kier alpha value is -17.6. The summed E-state index contributed by atoms with van der Waals surface area (Å²) in [5.74, 6) is 7.28. The molecule has 9 heterocycles. The van der Waals surface area contributed by atoms with Gasteiger partial charge in [-0.2, -0.15) is 39.9 Å². The number of nitrogens with one attached hydrogen (secondary N) is 5. The van der Waals surface area contributed by atoms with Gasteiger partial charge < -0.3 is 184 Å². The summed E-state index contributed by atoms with van der Waals surface area (Å²) in [6, 6.07) is 11.7. The van der Waals surface area contributed by atoms with Crippen LogP contribution in [-0.4, -0.2) is 266 Å². The van der Waals surface area contributed by atoms with Crippen LogP contribution in [-0.2, 0) is 56.1 Å². The second-order valence-electron chi connectivity index (χ2n) is 32.1. The molecule has 8 aromatic heterocycles. The van der Waals surface area contributed by atoms with E-state index in [9.17, 15) is 0 Å². The monoisotopic (exact) mass is 2010 g/mol. The zero-order valence-electron chi connectivity index (χ0n) is 86.0. The summed E-state index contributed by atoms with van der Waals surface area (Å²) in [5, 5.41) is 32.0. The normalized spacial score (nSPS) is 12.4. The number of ether oxygens (including phenoxy) is 1. The van der Waals surface area contributed by atoms with Crippen molar-refractivity contribution in [2.75, 3.05) is 129 Å². The van der Waals surface area contributed by atoms with E-state index in [-0.39, 0.29) is 89.4 Å². The van der Waals surface area contributed by atoms with Gasteiger partial charge in [0.05, 0.1) is 75.5 Å². The van der Waals surface area contributed by atoms with Crippen LogP contribution in [0.15, 0.2) is 216 Å². The van der Waals surface area contributed by atoms with Gasteiger partial charge in [0.2, 0.25) is 47.7 Å². The first-order chi connectivity index (χ1) is 67.7. The number of likely N-dealkylation sites (N-methyl/N-ethyl adjacent to an activating group) is 3. The molecule has 0 spiro atoms. The molecule has 54 heteroatoms. The molecule has 0 aromatic carbocycles. The zero-order valence-corrected chi connectivity index (χ0v) is 86.0. The minimum absolute atomic E-state index is 0.0558. The maximum Gasteiger partial charge on any atom is 0.220 e. The van der Waals surface area contributed by atoms with Gasteiger partial charge in [0, 0.05) is 128 Å². The maximum absolute atomic E-state index is 7.56. The Bertz CT molecular complexity index is 5470. The largest absolute Gasteiger partial charge is 0.501 e. The molecule has 0 bridgehead atoms. The number of guanidine groups is 18. The van der Waals surface area contributed by atoms with Crippen molar-refractivity contribution in [2.45, 2.75) is 120 Å². The standard InChI is InChI=1S/3C11H19N5O.3C10H17N5O.C9H15N5O.C9H17N5O.C9H15N5O/c1-8-9(5-7-17-8)4-6-14-10(12)15-11(13)16(2)3;1-8-6-17-7-9(8)4-5-14-10(12)15-11(13)16(2)3;1-8-6-9(7-17-8)4-5-14-10(12)15-11(13)16(2)3;1-7-8(4-6-16-7)3-5-15(2)10(13)14-9(11)12;1-7-5-16-6-8(7)3-4-15(2)10(13)14-9(11)12;1-7-5-8(6-16-7)3-4-15(2)10(13)14-9(11)12;1-6-7(3-5-15-6)2-4-13-9(12)14-8(10)11;1-6-4-15-5-7(6)2-3-13-9(12)14-8(10)11;1-6-4-7(5-15-6)2-3-13-9(12)14-8(10)11/h5,7H,4,6H2,1-3H3,(H4,12,13,14,15);2*6-7H,4-5H2,1-3H3,(H4,12,13,14,15);4,6H,3,5H2,1-2H3,(H5,11,12,13,14);2*5-6H,3-4H2,1-2H3,(H5,11,12,13,14);3,5H,2,4H2,1H3,(H6,10,11,12,13,14);5-6H,2-4H2,1H3,(H6,10,11,12,13,14);4-5H,2-3H2,1H3,(H6,10,11,12,13,14). The lowest BCUT2D eigenvalue weighted by Gasteiger charge is -2.16. The lowest BCUT2D eigenvalue weighted by molar-refractivity contribution is 0.255. The fourth-order valence-corrected chi connectivity index (χ4v) is 10.9. The lowest BCUT2D eigenvalue weighted by Crippen LogP contribution is -2.40. The van der Waals surface area contributed by atoms with Gasteiger partial charge in [-0.15, -0.1) is 0 Å². The Kier molecular flexibility index (Phi) is 59.2. The van der Waals surface area contributed by atoms with Gasteiger partial charge in [-0.1, -0.05) is 6.92 Å². The quantitative estimate of drug-likeness (QED) is 0.0252. The van der Waals surface area contributed by atoms with E-state index in [4.69, 9.17) is 176 Å². The summed E-state index contributed by atoms with van der Waals surface area (Å²) in [6.07, 6.45) is 25.8. The number of aryl methyl sites for hydroxylation is 8. The molecule has 794 valence electrons. The highest BCUT2D eigenvalue weighted by Crippen LogP contribution is 2.22. The molecule has 1 aliphatic heterocycles. The average molecular weight is 2010 g/mol. The van der Waals surface area contributed by atoms with Gasteiger partial charge in [0.1, 0.15) is 34.6 Å². The molecule has 1 atom stereocenters. The molecule has 1 aliphatic rings. The van der Waals surface area contributed by atoms with E-state index >= 15 is 0 Å². The van der Waals surface area contributed by atoms with Gasteiger partial charge >= 0.3 is 0 Å². The minimum atomic E-state index is -0.201. The topological polar surface area (TPSA) is 935 Å². The molecule has 8 aromatic rings. The van der Waals surface area contributed by atoms with Crippen molar-refractivity contribution in [3.05, 3.63) is 201 Å². The van der Waals surface area contributed by atoms with Crippen LogP contribution in [0.4, 0.5) is 0 Å². The number of aliphatic imine (C=N–C) groups is 14. The van der Waals surface area contributed by atoms with Crippen LogP contribution in [0.1, 0.15) is 104 Å². The molecule has 9 rings (SSSR count). The van der Waals surface area contributed by atoms with Crippen LogP contribution in [0.25, 0.3) is 0 Å². The minimum Gasteiger partial charge on any atom is -0.501 e. The molecule has 0 saturated carbocycles. The van der Waals surface area contributed by atoms with Crippen LogP contribution >= 0.6 is 0 Å². The molecule has 1 unspecified atom stereocenters. The van der Waals surface area contributed by atoms with Crippen LogP contribution in [0, 0.1) is 82.9 Å². The van der Waals surface area contributed by atoms with Crippen molar-refractivity contribution < 1.29 is 40.1 Å². The van der Waals surface area contributed by atoms with Gasteiger partial charge in [0.25, 0.3) is 0 Å². The summed E-state index contributed by atoms with van der Waals surface area (Å²) < 4.78 is 46.3. The molecule has 0 fully saturated rings. The lowest BCUT2D eigenvalue weighted by atomic mass is 10.0. The third-order valence-corrected chi connectivity index (χ3v) is 19.2. The molecular formula is C90H155N45O9. The predicted octanol–water partition coefficient (Wildman–Crippen LogP) is 0.938. The van der Waals surface area contributed by atoms with E-state index in [1.165, 1.54) is 5.57 Å². The average Bonchev–Trinajstić information content (AvgIpc) is 1.83. The molecule has 54 nitrogen and oxygen atoms in total. The highest BCUT2D eigenvalue weighted by Gasteiger charge is 2.16.